The zero-order chi connectivity index (χ0) is 12.1. The van der Waals surface area contributed by atoms with Gasteiger partial charge in [-0.25, -0.2) is 0 Å². The molecule has 0 radical (unpaired) electrons. The van der Waals surface area contributed by atoms with Gasteiger partial charge in [0.05, 0.1) is 11.4 Å². The number of carbonyl (C=O) groups is 1. The topological polar surface area (TPSA) is 29.5 Å². The minimum atomic E-state index is -0.163. The van der Waals surface area contributed by atoms with Crippen LogP contribution in [0.1, 0.15) is 33.6 Å². The Bertz CT molecular complexity index is 225. The maximum Gasteiger partial charge on any atom is 0.235 e. The number of amides is 1. The highest BCUT2D eigenvalue weighted by atomic mass is 32.1. The summed E-state index contributed by atoms with van der Waals surface area (Å²) in [5.41, 5.74) is 0. The number of hydrogen-bond donors (Lipinski definition) is 1. The molecule has 1 rings (SSSR count). The fraction of sp³-hybridized carbons (Fsp3) is 0.917. The Morgan fingerprint density at radius 1 is 1.44 bits per heavy atom. The molecule has 4 heteroatoms. The number of ether oxygens (including phenoxy) is 1. The van der Waals surface area contributed by atoms with Gasteiger partial charge in [-0.2, -0.15) is 12.6 Å². The van der Waals surface area contributed by atoms with Gasteiger partial charge >= 0.3 is 0 Å². The lowest BCUT2D eigenvalue weighted by Crippen LogP contribution is -2.45. The van der Waals surface area contributed by atoms with Gasteiger partial charge in [0.15, 0.2) is 0 Å². The molecule has 1 atom stereocenters. The van der Waals surface area contributed by atoms with Gasteiger partial charge in [-0.15, -0.1) is 0 Å². The summed E-state index contributed by atoms with van der Waals surface area (Å²) < 4.78 is 5.56. The molecule has 1 fully saturated rings. The average Bonchev–Trinajstić information content (AvgIpc) is 2.28. The van der Waals surface area contributed by atoms with Crippen molar-refractivity contribution in [2.45, 2.75) is 45.0 Å². The summed E-state index contributed by atoms with van der Waals surface area (Å²) in [7, 11) is 0. The molecular weight excluding hydrogens is 222 g/mol. The van der Waals surface area contributed by atoms with Crippen LogP contribution in [-0.2, 0) is 9.53 Å². The van der Waals surface area contributed by atoms with Crippen LogP contribution in [0.25, 0.3) is 0 Å². The van der Waals surface area contributed by atoms with E-state index in [-0.39, 0.29) is 11.2 Å². The van der Waals surface area contributed by atoms with Crippen LogP contribution in [0.5, 0.6) is 0 Å². The van der Waals surface area contributed by atoms with Crippen LogP contribution in [0.2, 0.25) is 0 Å². The van der Waals surface area contributed by atoms with Crippen molar-refractivity contribution < 1.29 is 9.53 Å². The van der Waals surface area contributed by atoms with Crippen LogP contribution in [0.3, 0.4) is 0 Å². The summed E-state index contributed by atoms with van der Waals surface area (Å²) in [4.78, 5) is 13.9. The molecule has 1 amide bonds. The van der Waals surface area contributed by atoms with Crippen molar-refractivity contribution >= 4 is 18.5 Å². The van der Waals surface area contributed by atoms with E-state index in [2.05, 4.69) is 12.6 Å². The lowest BCUT2D eigenvalue weighted by atomic mass is 10.0. The second-order valence-electron chi connectivity index (χ2n) is 4.67. The number of thiol groups is 1. The zero-order valence-electron chi connectivity index (χ0n) is 10.5. The van der Waals surface area contributed by atoms with Crippen LogP contribution >= 0.6 is 12.6 Å². The van der Waals surface area contributed by atoms with E-state index < -0.39 is 0 Å². The van der Waals surface area contributed by atoms with Crippen molar-refractivity contribution in [1.82, 2.24) is 4.90 Å². The Balaban J connectivity index is 2.38. The molecule has 3 nitrogen and oxygen atoms in total. The van der Waals surface area contributed by atoms with Crippen molar-refractivity contribution in [3.05, 3.63) is 0 Å². The Labute approximate surface area is 104 Å². The smallest absolute Gasteiger partial charge is 0.235 e. The van der Waals surface area contributed by atoms with Gasteiger partial charge in [0.1, 0.15) is 0 Å². The summed E-state index contributed by atoms with van der Waals surface area (Å²) >= 11 is 4.37. The van der Waals surface area contributed by atoms with E-state index in [9.17, 15) is 4.79 Å². The van der Waals surface area contributed by atoms with Gasteiger partial charge in [0, 0.05) is 19.7 Å². The second kappa shape index (κ2) is 6.50. The Kier molecular flexibility index (Phi) is 5.62. The minimum Gasteiger partial charge on any atom is -0.378 e. The van der Waals surface area contributed by atoms with Crippen LogP contribution < -0.4 is 0 Å². The third-order valence-corrected chi connectivity index (χ3v) is 3.86. The van der Waals surface area contributed by atoms with Crippen LogP contribution in [0.4, 0.5) is 0 Å². The number of nitrogens with zero attached hydrogens (tertiary/aromatic N) is 1. The van der Waals surface area contributed by atoms with Crippen LogP contribution in [0, 0.1) is 5.92 Å². The van der Waals surface area contributed by atoms with Gasteiger partial charge < -0.3 is 9.64 Å². The van der Waals surface area contributed by atoms with Gasteiger partial charge in [-0.3, -0.25) is 4.79 Å². The molecule has 0 saturated carbocycles. The summed E-state index contributed by atoms with van der Waals surface area (Å²) in [6, 6.07) is 0. The molecule has 0 aliphatic carbocycles. The third-order valence-electron chi connectivity index (χ3n) is 3.04. The third kappa shape index (κ3) is 3.67. The van der Waals surface area contributed by atoms with Crippen molar-refractivity contribution in [2.24, 2.45) is 5.92 Å². The SMILES string of the molecule is CCOC1CCN(C(=O)C(S)C(C)C)CC1. The van der Waals surface area contributed by atoms with E-state index in [1.807, 2.05) is 25.7 Å². The van der Waals surface area contributed by atoms with Crippen molar-refractivity contribution in [1.29, 1.82) is 0 Å². The fourth-order valence-electron chi connectivity index (χ4n) is 1.95. The molecule has 1 aliphatic heterocycles. The lowest BCUT2D eigenvalue weighted by molar-refractivity contribution is -0.133. The molecule has 0 aromatic rings. The predicted octanol–water partition coefficient (Wildman–Crippen LogP) is 1.97. The van der Waals surface area contributed by atoms with Crippen LogP contribution in [-0.4, -0.2) is 41.9 Å². The number of carbonyl (C=O) groups excluding carboxylic acids is 1. The highest BCUT2D eigenvalue weighted by Gasteiger charge is 2.27. The molecule has 1 saturated heterocycles. The predicted molar refractivity (Wildman–Crippen MR) is 68.8 cm³/mol. The van der Waals surface area contributed by atoms with E-state index in [0.29, 0.717) is 12.0 Å². The lowest BCUT2D eigenvalue weighted by Gasteiger charge is -2.33. The molecule has 0 spiro atoms. The van der Waals surface area contributed by atoms with Gasteiger partial charge in [-0.1, -0.05) is 13.8 Å². The van der Waals surface area contributed by atoms with Gasteiger partial charge in [0.25, 0.3) is 0 Å². The monoisotopic (exact) mass is 245 g/mol. The first kappa shape index (κ1) is 13.8. The summed E-state index contributed by atoms with van der Waals surface area (Å²) in [6.45, 7) is 8.46. The Morgan fingerprint density at radius 2 is 2.00 bits per heavy atom. The molecule has 0 N–H and O–H groups in total. The van der Waals surface area contributed by atoms with Crippen molar-refractivity contribution in [2.75, 3.05) is 19.7 Å². The normalized spacial score (nSPS) is 20.2. The van der Waals surface area contributed by atoms with Gasteiger partial charge in [0.2, 0.25) is 5.91 Å². The first-order chi connectivity index (χ1) is 7.56. The highest BCUT2D eigenvalue weighted by Crippen LogP contribution is 2.18. The van der Waals surface area contributed by atoms with Crippen molar-refractivity contribution in [3.8, 4) is 0 Å². The highest BCUT2D eigenvalue weighted by molar-refractivity contribution is 7.81. The number of piperidine rings is 1. The zero-order valence-corrected chi connectivity index (χ0v) is 11.4. The molecule has 94 valence electrons. The van der Waals surface area contributed by atoms with Crippen molar-refractivity contribution in [3.63, 3.8) is 0 Å². The molecule has 0 aromatic carbocycles. The first-order valence-corrected chi connectivity index (χ1v) is 6.66. The summed E-state index contributed by atoms with van der Waals surface area (Å²) in [5, 5.41) is -0.163. The quantitative estimate of drug-likeness (QED) is 0.767. The Morgan fingerprint density at radius 3 is 2.44 bits per heavy atom. The standard InChI is InChI=1S/C12H23NO2S/c1-4-15-10-5-7-13(8-6-10)12(14)11(16)9(2)3/h9-11,16H,4-8H2,1-3H3. The summed E-state index contributed by atoms with van der Waals surface area (Å²) in [5.74, 6) is 0.466. The maximum absolute atomic E-state index is 12.0. The molecule has 1 heterocycles. The van der Waals surface area contributed by atoms with Gasteiger partial charge in [-0.05, 0) is 25.7 Å². The largest absolute Gasteiger partial charge is 0.378 e. The molecule has 1 unspecified atom stereocenters. The molecule has 16 heavy (non-hydrogen) atoms. The van der Waals surface area contributed by atoms with E-state index >= 15 is 0 Å². The van der Waals surface area contributed by atoms with E-state index in [4.69, 9.17) is 4.74 Å². The Hall–Kier alpha value is -0.220. The van der Waals surface area contributed by atoms with E-state index in [1.54, 1.807) is 0 Å². The first-order valence-electron chi connectivity index (χ1n) is 6.14. The molecular formula is C12H23NO2S. The van der Waals surface area contributed by atoms with Crippen LogP contribution in [0.15, 0.2) is 0 Å². The number of hydrogen-bond acceptors (Lipinski definition) is 3. The molecule has 1 aliphatic rings. The van der Waals surface area contributed by atoms with E-state index in [1.165, 1.54) is 0 Å². The van der Waals surface area contributed by atoms with E-state index in [0.717, 1.165) is 32.5 Å². The number of likely N-dealkylation sites (tertiary alicyclic amines) is 1. The fourth-order valence-corrected chi connectivity index (χ4v) is 2.11. The summed E-state index contributed by atoms with van der Waals surface area (Å²) in [6.07, 6.45) is 2.25. The average molecular weight is 245 g/mol. The maximum atomic E-state index is 12.0. The second-order valence-corrected chi connectivity index (χ2v) is 5.23. The molecule has 0 aromatic heterocycles. The minimum absolute atomic E-state index is 0.163. The molecule has 0 bridgehead atoms. The number of rotatable bonds is 4.